The van der Waals surface area contributed by atoms with Gasteiger partial charge in [0.1, 0.15) is 5.75 Å². The minimum Gasteiger partial charge on any atom is -0.482 e. The van der Waals surface area contributed by atoms with Crippen molar-refractivity contribution in [3.8, 4) is 5.75 Å². The van der Waals surface area contributed by atoms with Gasteiger partial charge in [0, 0.05) is 0 Å². The summed E-state index contributed by atoms with van der Waals surface area (Å²) in [6, 6.07) is 5.90. The zero-order chi connectivity index (χ0) is 13.1. The van der Waals surface area contributed by atoms with E-state index in [1.165, 1.54) is 12.8 Å². The molecule has 4 nitrogen and oxygen atoms in total. The second kappa shape index (κ2) is 5.45. The Morgan fingerprint density at radius 3 is 2.95 bits per heavy atom. The number of anilines is 1. The van der Waals surface area contributed by atoms with Crippen LogP contribution in [0.25, 0.3) is 6.08 Å². The predicted molar refractivity (Wildman–Crippen MR) is 75.2 cm³/mol. The first-order valence-corrected chi connectivity index (χ1v) is 6.77. The highest BCUT2D eigenvalue weighted by atomic mass is 16.5. The zero-order valence-electron chi connectivity index (χ0n) is 10.8. The van der Waals surface area contributed by atoms with Crippen LogP contribution in [0.5, 0.6) is 5.75 Å². The van der Waals surface area contributed by atoms with E-state index in [0.717, 1.165) is 30.1 Å². The SMILES string of the molecule is O=C1COc2ccc(C=CC3CCNCC3)cc2N1. The molecule has 1 amide bonds. The van der Waals surface area contributed by atoms with Crippen molar-refractivity contribution in [1.82, 2.24) is 5.32 Å². The molecule has 2 aliphatic heterocycles. The molecule has 2 aliphatic rings. The van der Waals surface area contributed by atoms with Gasteiger partial charge in [-0.1, -0.05) is 18.2 Å². The Bertz CT molecular complexity index is 505. The summed E-state index contributed by atoms with van der Waals surface area (Å²) < 4.78 is 5.34. The van der Waals surface area contributed by atoms with E-state index in [4.69, 9.17) is 4.74 Å². The topological polar surface area (TPSA) is 50.4 Å². The van der Waals surface area contributed by atoms with E-state index in [0.29, 0.717) is 5.92 Å². The number of carbonyl (C=O) groups excluding carboxylic acids is 1. The molecule has 1 saturated heterocycles. The summed E-state index contributed by atoms with van der Waals surface area (Å²) in [7, 11) is 0. The average molecular weight is 258 g/mol. The number of carbonyl (C=O) groups is 1. The summed E-state index contributed by atoms with van der Waals surface area (Å²) in [4.78, 5) is 11.3. The third-order valence-corrected chi connectivity index (χ3v) is 3.58. The molecule has 4 heteroatoms. The number of piperidine rings is 1. The molecule has 1 fully saturated rings. The number of amides is 1. The number of fused-ring (bicyclic) bond motifs is 1. The molecule has 0 aliphatic carbocycles. The molecule has 2 N–H and O–H groups in total. The lowest BCUT2D eigenvalue weighted by atomic mass is 9.97. The fraction of sp³-hybridized carbons (Fsp3) is 0.400. The second-order valence-corrected chi connectivity index (χ2v) is 5.04. The van der Waals surface area contributed by atoms with Crippen molar-refractivity contribution >= 4 is 17.7 Å². The lowest BCUT2D eigenvalue weighted by Gasteiger charge is -2.20. The van der Waals surface area contributed by atoms with Crippen LogP contribution in [-0.2, 0) is 4.79 Å². The second-order valence-electron chi connectivity index (χ2n) is 5.04. The number of nitrogens with one attached hydrogen (secondary N) is 2. The van der Waals surface area contributed by atoms with Crippen molar-refractivity contribution in [2.45, 2.75) is 12.8 Å². The molecular formula is C15H18N2O2. The fourth-order valence-corrected chi connectivity index (χ4v) is 2.49. The molecule has 0 unspecified atom stereocenters. The Labute approximate surface area is 112 Å². The molecule has 0 saturated carbocycles. The Kier molecular flexibility index (Phi) is 3.51. The van der Waals surface area contributed by atoms with Crippen LogP contribution in [0.3, 0.4) is 0 Å². The molecule has 0 bridgehead atoms. The molecule has 1 aromatic carbocycles. The minimum absolute atomic E-state index is 0.0908. The number of benzene rings is 1. The molecule has 0 atom stereocenters. The van der Waals surface area contributed by atoms with Gasteiger partial charge in [0.05, 0.1) is 5.69 Å². The number of hydrogen-bond donors (Lipinski definition) is 2. The summed E-state index contributed by atoms with van der Waals surface area (Å²) >= 11 is 0. The first-order chi connectivity index (χ1) is 9.31. The highest BCUT2D eigenvalue weighted by Crippen LogP contribution is 2.29. The van der Waals surface area contributed by atoms with Gasteiger partial charge in [0.25, 0.3) is 5.91 Å². The number of allylic oxidation sites excluding steroid dienone is 1. The molecule has 3 rings (SSSR count). The van der Waals surface area contributed by atoms with Crippen LogP contribution >= 0.6 is 0 Å². The normalized spacial score (nSPS) is 19.9. The van der Waals surface area contributed by atoms with Crippen molar-refractivity contribution in [1.29, 1.82) is 0 Å². The molecule has 0 aromatic heterocycles. The maximum Gasteiger partial charge on any atom is 0.262 e. The fourth-order valence-electron chi connectivity index (χ4n) is 2.49. The van der Waals surface area contributed by atoms with Crippen molar-refractivity contribution in [2.24, 2.45) is 5.92 Å². The van der Waals surface area contributed by atoms with Gasteiger partial charge in [-0.15, -0.1) is 0 Å². The number of rotatable bonds is 2. The van der Waals surface area contributed by atoms with Crippen molar-refractivity contribution in [3.63, 3.8) is 0 Å². The van der Waals surface area contributed by atoms with Crippen LogP contribution < -0.4 is 15.4 Å². The first-order valence-electron chi connectivity index (χ1n) is 6.77. The van der Waals surface area contributed by atoms with Crippen LogP contribution in [0.2, 0.25) is 0 Å². The van der Waals surface area contributed by atoms with Gasteiger partial charge in [-0.05, 0) is 49.5 Å². The van der Waals surface area contributed by atoms with Crippen molar-refractivity contribution in [3.05, 3.63) is 29.8 Å². The smallest absolute Gasteiger partial charge is 0.262 e. The third kappa shape index (κ3) is 2.96. The van der Waals surface area contributed by atoms with Gasteiger partial charge in [-0.3, -0.25) is 4.79 Å². The molecule has 100 valence electrons. The molecule has 1 aromatic rings. The third-order valence-electron chi connectivity index (χ3n) is 3.58. The van der Waals surface area contributed by atoms with Gasteiger partial charge in [-0.2, -0.15) is 0 Å². The lowest BCUT2D eigenvalue weighted by molar-refractivity contribution is -0.118. The molecule has 2 heterocycles. The van der Waals surface area contributed by atoms with Gasteiger partial charge in [0.15, 0.2) is 6.61 Å². The lowest BCUT2D eigenvalue weighted by Crippen LogP contribution is -2.26. The highest BCUT2D eigenvalue weighted by molar-refractivity contribution is 5.95. The van der Waals surface area contributed by atoms with Crippen molar-refractivity contribution < 1.29 is 9.53 Å². The van der Waals surface area contributed by atoms with Crippen LogP contribution in [-0.4, -0.2) is 25.6 Å². The molecule has 0 spiro atoms. The largest absolute Gasteiger partial charge is 0.482 e. The quantitative estimate of drug-likeness (QED) is 0.853. The van der Waals surface area contributed by atoms with Gasteiger partial charge >= 0.3 is 0 Å². The van der Waals surface area contributed by atoms with Crippen LogP contribution in [0, 0.1) is 5.92 Å². The summed E-state index contributed by atoms with van der Waals surface area (Å²) in [5, 5.41) is 6.19. The standard InChI is InChI=1S/C15H18N2O2/c18-15-10-19-14-4-3-12(9-13(14)17-15)2-1-11-5-7-16-8-6-11/h1-4,9,11,16H,5-8,10H2,(H,17,18). The van der Waals surface area contributed by atoms with Crippen LogP contribution in [0.4, 0.5) is 5.69 Å². The minimum atomic E-state index is -0.0908. The van der Waals surface area contributed by atoms with E-state index in [-0.39, 0.29) is 12.5 Å². The van der Waals surface area contributed by atoms with E-state index in [2.05, 4.69) is 22.8 Å². The van der Waals surface area contributed by atoms with E-state index in [9.17, 15) is 4.79 Å². The summed E-state index contributed by atoms with van der Waals surface area (Å²) in [5.74, 6) is 1.31. The van der Waals surface area contributed by atoms with E-state index in [1.807, 2.05) is 18.2 Å². The maximum atomic E-state index is 11.3. The van der Waals surface area contributed by atoms with Gasteiger partial charge in [0.2, 0.25) is 0 Å². The number of ether oxygens (including phenoxy) is 1. The van der Waals surface area contributed by atoms with Crippen LogP contribution in [0.15, 0.2) is 24.3 Å². The number of hydrogen-bond acceptors (Lipinski definition) is 3. The monoisotopic (exact) mass is 258 g/mol. The first kappa shape index (κ1) is 12.2. The van der Waals surface area contributed by atoms with E-state index >= 15 is 0 Å². The molecular weight excluding hydrogens is 240 g/mol. The Morgan fingerprint density at radius 1 is 1.26 bits per heavy atom. The zero-order valence-corrected chi connectivity index (χ0v) is 10.8. The summed E-state index contributed by atoms with van der Waals surface area (Å²) in [6.45, 7) is 2.31. The maximum absolute atomic E-state index is 11.3. The van der Waals surface area contributed by atoms with Crippen molar-refractivity contribution in [2.75, 3.05) is 25.0 Å². The Balaban J connectivity index is 1.72. The van der Waals surface area contributed by atoms with E-state index < -0.39 is 0 Å². The van der Waals surface area contributed by atoms with Gasteiger partial charge in [-0.25, -0.2) is 0 Å². The predicted octanol–water partition coefficient (Wildman–Crippen LogP) is 2.03. The molecule has 0 radical (unpaired) electrons. The Hall–Kier alpha value is -1.81. The van der Waals surface area contributed by atoms with E-state index in [1.54, 1.807) is 0 Å². The highest BCUT2D eigenvalue weighted by Gasteiger charge is 2.15. The van der Waals surface area contributed by atoms with Gasteiger partial charge < -0.3 is 15.4 Å². The summed E-state index contributed by atoms with van der Waals surface area (Å²) in [6.07, 6.45) is 6.80. The van der Waals surface area contributed by atoms with Crippen LogP contribution in [0.1, 0.15) is 18.4 Å². The Morgan fingerprint density at radius 2 is 2.11 bits per heavy atom. The summed E-state index contributed by atoms with van der Waals surface area (Å²) in [5.41, 5.74) is 1.87. The molecule has 19 heavy (non-hydrogen) atoms. The average Bonchev–Trinajstić information content (AvgIpc) is 2.46.